The third kappa shape index (κ3) is 8.40. The molecule has 6 N–H and O–H groups in total. The van der Waals surface area contributed by atoms with E-state index in [1.165, 1.54) is 18.5 Å². The summed E-state index contributed by atoms with van der Waals surface area (Å²) < 4.78 is 38.5. The minimum atomic E-state index is -4.42. The molecule has 0 aromatic heterocycles. The van der Waals surface area contributed by atoms with Crippen LogP contribution >= 0.6 is 0 Å². The second kappa shape index (κ2) is 13.1. The van der Waals surface area contributed by atoms with Crippen LogP contribution in [-0.4, -0.2) is 40.8 Å². The molecule has 0 saturated carbocycles. The van der Waals surface area contributed by atoms with Crippen LogP contribution in [0.2, 0.25) is 0 Å². The Morgan fingerprint density at radius 2 is 1.59 bits per heavy atom. The lowest BCUT2D eigenvalue weighted by molar-refractivity contribution is -0.137. The monoisotopic (exact) mass is 542 g/mol. The van der Waals surface area contributed by atoms with Crippen molar-refractivity contribution in [1.29, 1.82) is 0 Å². The Labute approximate surface area is 223 Å². The van der Waals surface area contributed by atoms with Gasteiger partial charge in [-0.05, 0) is 47.4 Å². The number of aliphatic hydroxyl groups is 1. The van der Waals surface area contributed by atoms with E-state index < -0.39 is 29.8 Å². The molecule has 39 heavy (non-hydrogen) atoms. The number of carbonyl (C=O) groups excluding carboxylic acids is 2. The van der Waals surface area contributed by atoms with Gasteiger partial charge in [0, 0.05) is 17.9 Å². The molecule has 0 unspecified atom stereocenters. The number of hydrogen-bond donors (Lipinski definition) is 6. The van der Waals surface area contributed by atoms with Gasteiger partial charge in [0.2, 0.25) is 5.91 Å². The normalized spacial score (nSPS) is 12.8. The van der Waals surface area contributed by atoms with Crippen molar-refractivity contribution in [2.75, 3.05) is 11.9 Å². The van der Waals surface area contributed by atoms with E-state index >= 15 is 0 Å². The Hall–Kier alpha value is -4.19. The van der Waals surface area contributed by atoms with Gasteiger partial charge >= 0.3 is 6.18 Å². The Morgan fingerprint density at radius 3 is 2.15 bits per heavy atom. The zero-order valence-corrected chi connectivity index (χ0v) is 21.0. The van der Waals surface area contributed by atoms with Gasteiger partial charge in [-0.1, -0.05) is 61.2 Å². The van der Waals surface area contributed by atoms with E-state index in [1.807, 2.05) is 24.3 Å². The van der Waals surface area contributed by atoms with Crippen LogP contribution in [0.4, 0.5) is 18.9 Å². The molecule has 11 heteroatoms. The van der Waals surface area contributed by atoms with Crippen LogP contribution in [0.3, 0.4) is 0 Å². The summed E-state index contributed by atoms with van der Waals surface area (Å²) in [5.74, 6) is -1.13. The van der Waals surface area contributed by atoms with E-state index in [0.717, 1.165) is 23.3 Å². The second-order valence-electron chi connectivity index (χ2n) is 8.82. The fourth-order valence-electron chi connectivity index (χ4n) is 3.74. The first-order valence-electron chi connectivity index (χ1n) is 11.9. The molecule has 8 nitrogen and oxygen atoms in total. The average molecular weight is 543 g/mol. The summed E-state index contributed by atoms with van der Waals surface area (Å²) in [6, 6.07) is 18.2. The summed E-state index contributed by atoms with van der Waals surface area (Å²) in [6.07, 6.45) is -5.49. The average Bonchev–Trinajstić information content (AvgIpc) is 2.91. The molecular formula is C28H29F3N4O4. The number of hydroxylamine groups is 1. The molecule has 0 bridgehead atoms. The maximum absolute atomic E-state index is 12.8. The first-order valence-corrected chi connectivity index (χ1v) is 11.9. The van der Waals surface area contributed by atoms with E-state index in [4.69, 9.17) is 5.21 Å². The minimum Gasteiger partial charge on any atom is -0.391 e. The molecule has 2 atom stereocenters. The molecule has 0 spiro atoms. The molecule has 0 aliphatic carbocycles. The van der Waals surface area contributed by atoms with Gasteiger partial charge in [-0.25, -0.2) is 5.48 Å². The standard InChI is InChI=1S/C28H29F3N4O4/c1-17(33-26(18(2)36)27(38)35-39)20-6-8-21(9-7-20)22-10-12-24(13-11-22)34-25(37)16-32-15-19-4-3-5-23(14-19)28(29,30)31/h3-14,18,26,32-33,36,39H,1,15-16H2,2H3,(H,34,37)(H,35,38)/t18-,26+/m1/s1. The molecule has 3 aromatic carbocycles. The summed E-state index contributed by atoms with van der Waals surface area (Å²) in [7, 11) is 0. The molecule has 0 aliphatic heterocycles. The van der Waals surface area contributed by atoms with Crippen LogP contribution in [-0.2, 0) is 22.3 Å². The molecule has 3 rings (SSSR count). The van der Waals surface area contributed by atoms with Crippen LogP contribution in [0.5, 0.6) is 0 Å². The zero-order chi connectivity index (χ0) is 28.6. The highest BCUT2D eigenvalue weighted by molar-refractivity contribution is 5.92. The topological polar surface area (TPSA) is 123 Å². The van der Waals surface area contributed by atoms with Gasteiger partial charge in [-0.2, -0.15) is 13.2 Å². The fourth-order valence-corrected chi connectivity index (χ4v) is 3.74. The van der Waals surface area contributed by atoms with Crippen LogP contribution in [0.15, 0.2) is 79.4 Å². The Kier molecular flexibility index (Phi) is 9.83. The van der Waals surface area contributed by atoms with Crippen molar-refractivity contribution < 1.29 is 33.1 Å². The van der Waals surface area contributed by atoms with Crippen LogP contribution in [0.1, 0.15) is 23.6 Å². The third-order valence-corrected chi connectivity index (χ3v) is 5.81. The molecule has 2 amide bonds. The lowest BCUT2D eigenvalue weighted by Crippen LogP contribution is -2.48. The van der Waals surface area contributed by atoms with Crippen molar-refractivity contribution in [3.05, 3.63) is 96.1 Å². The molecule has 0 radical (unpaired) electrons. The SMILES string of the molecule is C=C(N[C@H](C(=O)NO)[C@@H](C)O)c1ccc(-c2ccc(NC(=O)CNCc3cccc(C(F)(F)F)c3)cc2)cc1. The Morgan fingerprint density at radius 1 is 0.974 bits per heavy atom. The van der Waals surface area contributed by atoms with Gasteiger partial charge in [-0.15, -0.1) is 0 Å². The van der Waals surface area contributed by atoms with E-state index in [9.17, 15) is 27.9 Å². The van der Waals surface area contributed by atoms with Crippen molar-refractivity contribution in [3.8, 4) is 11.1 Å². The van der Waals surface area contributed by atoms with Crippen molar-refractivity contribution in [2.24, 2.45) is 0 Å². The number of halogens is 3. The van der Waals surface area contributed by atoms with Gasteiger partial charge in [0.25, 0.3) is 5.91 Å². The van der Waals surface area contributed by atoms with Crippen molar-refractivity contribution in [3.63, 3.8) is 0 Å². The number of hydrogen-bond acceptors (Lipinski definition) is 6. The molecule has 0 aliphatic rings. The largest absolute Gasteiger partial charge is 0.416 e. The second-order valence-corrected chi connectivity index (χ2v) is 8.82. The summed E-state index contributed by atoms with van der Waals surface area (Å²) in [5.41, 5.74) is 4.57. The maximum Gasteiger partial charge on any atom is 0.416 e. The maximum atomic E-state index is 12.8. The smallest absolute Gasteiger partial charge is 0.391 e. The van der Waals surface area contributed by atoms with Gasteiger partial charge in [0.1, 0.15) is 6.04 Å². The highest BCUT2D eigenvalue weighted by Gasteiger charge is 2.30. The van der Waals surface area contributed by atoms with Gasteiger partial charge in [0.05, 0.1) is 18.2 Å². The predicted molar refractivity (Wildman–Crippen MR) is 141 cm³/mol. The molecule has 206 valence electrons. The number of anilines is 1. The molecule has 0 heterocycles. The number of aliphatic hydroxyl groups excluding tert-OH is 1. The Balaban J connectivity index is 1.52. The van der Waals surface area contributed by atoms with Crippen LogP contribution < -0.4 is 21.4 Å². The lowest BCUT2D eigenvalue weighted by atomic mass is 10.0. The first kappa shape index (κ1) is 29.4. The van der Waals surface area contributed by atoms with E-state index in [-0.39, 0.29) is 19.0 Å². The summed E-state index contributed by atoms with van der Waals surface area (Å²) >= 11 is 0. The summed E-state index contributed by atoms with van der Waals surface area (Å²) in [6.45, 7) is 5.33. The van der Waals surface area contributed by atoms with E-state index in [2.05, 4.69) is 22.5 Å². The quantitative estimate of drug-likeness (QED) is 0.161. The van der Waals surface area contributed by atoms with Crippen LogP contribution in [0, 0.1) is 0 Å². The van der Waals surface area contributed by atoms with Crippen molar-refractivity contribution in [1.82, 2.24) is 16.1 Å². The molecule has 0 saturated heterocycles. The van der Waals surface area contributed by atoms with Crippen molar-refractivity contribution in [2.45, 2.75) is 31.8 Å². The highest BCUT2D eigenvalue weighted by Crippen LogP contribution is 2.29. The first-order chi connectivity index (χ1) is 18.5. The van der Waals surface area contributed by atoms with Gasteiger partial charge < -0.3 is 21.1 Å². The molecular weight excluding hydrogens is 513 g/mol. The zero-order valence-electron chi connectivity index (χ0n) is 21.0. The predicted octanol–water partition coefficient (Wildman–Crippen LogP) is 3.92. The molecule has 3 aromatic rings. The van der Waals surface area contributed by atoms with Crippen LogP contribution in [0.25, 0.3) is 16.8 Å². The van der Waals surface area contributed by atoms with Gasteiger partial charge in [-0.3, -0.25) is 14.8 Å². The lowest BCUT2D eigenvalue weighted by Gasteiger charge is -2.22. The number of nitrogens with one attached hydrogen (secondary N) is 4. The number of benzene rings is 3. The highest BCUT2D eigenvalue weighted by atomic mass is 19.4. The number of rotatable bonds is 11. The Bertz CT molecular complexity index is 1290. The number of alkyl halides is 3. The van der Waals surface area contributed by atoms with Gasteiger partial charge in [0.15, 0.2) is 0 Å². The molecule has 0 fully saturated rings. The fraction of sp³-hybridized carbons (Fsp3) is 0.214. The van der Waals surface area contributed by atoms with E-state index in [1.54, 1.807) is 30.3 Å². The number of amides is 2. The van der Waals surface area contributed by atoms with Crippen molar-refractivity contribution >= 4 is 23.2 Å². The third-order valence-electron chi connectivity index (χ3n) is 5.81. The van der Waals surface area contributed by atoms with E-state index in [0.29, 0.717) is 22.5 Å². The summed E-state index contributed by atoms with van der Waals surface area (Å²) in [4.78, 5) is 24.0. The number of carbonyl (C=O) groups is 2. The summed E-state index contributed by atoms with van der Waals surface area (Å²) in [5, 5.41) is 27.0. The minimum absolute atomic E-state index is 0.0761.